The topological polar surface area (TPSA) is 88.4 Å². The molecule has 1 aliphatic rings. The molecule has 120 valence electrons. The molecule has 23 heavy (non-hydrogen) atoms. The van der Waals surface area contributed by atoms with Gasteiger partial charge in [0.15, 0.2) is 5.82 Å². The maximum absolute atomic E-state index is 11.0. The average molecular weight is 314 g/mol. The number of piperidine rings is 1. The number of hydrogen-bond acceptors (Lipinski definition) is 7. The average Bonchev–Trinajstić information content (AvgIpc) is 3.15. The van der Waals surface area contributed by atoms with Crippen LogP contribution in [-0.4, -0.2) is 38.9 Å². The van der Waals surface area contributed by atoms with Crippen molar-refractivity contribution in [3.05, 3.63) is 36.3 Å². The van der Waals surface area contributed by atoms with Crippen LogP contribution in [0.25, 0.3) is 11.0 Å². The van der Waals surface area contributed by atoms with Crippen molar-refractivity contribution >= 4 is 16.8 Å². The molecule has 7 heteroatoms. The van der Waals surface area contributed by atoms with E-state index in [9.17, 15) is 5.11 Å². The molecule has 1 unspecified atom stereocenters. The molecule has 1 fully saturated rings. The van der Waals surface area contributed by atoms with Gasteiger partial charge in [-0.05, 0) is 31.9 Å². The highest BCUT2D eigenvalue weighted by Crippen LogP contribution is 2.31. The van der Waals surface area contributed by atoms with Crippen LogP contribution in [0, 0.1) is 6.92 Å². The lowest BCUT2D eigenvalue weighted by atomic mass is 9.89. The van der Waals surface area contributed by atoms with Gasteiger partial charge in [0.05, 0.1) is 23.7 Å². The predicted molar refractivity (Wildman–Crippen MR) is 83.1 cm³/mol. The standard InChI is InChI=1S/C16H18N4O3/c1-11-18-14(23-19-11)9-16(21)5-2-7-20(10-16)15-12-4-8-22-13(12)3-6-17-15/h3-4,6,8,21H,2,5,7,9-10H2,1H3. The van der Waals surface area contributed by atoms with Crippen molar-refractivity contribution in [1.29, 1.82) is 0 Å². The Kier molecular flexibility index (Phi) is 3.30. The first-order valence-electron chi connectivity index (χ1n) is 7.72. The smallest absolute Gasteiger partial charge is 0.229 e. The maximum Gasteiger partial charge on any atom is 0.229 e. The zero-order valence-corrected chi connectivity index (χ0v) is 12.9. The number of fused-ring (bicyclic) bond motifs is 1. The van der Waals surface area contributed by atoms with Crippen LogP contribution in [0.2, 0.25) is 0 Å². The van der Waals surface area contributed by atoms with Gasteiger partial charge in [0.1, 0.15) is 11.4 Å². The minimum Gasteiger partial charge on any atom is -0.464 e. The largest absolute Gasteiger partial charge is 0.464 e. The summed E-state index contributed by atoms with van der Waals surface area (Å²) in [6.07, 6.45) is 5.32. The molecule has 0 bridgehead atoms. The molecule has 0 saturated carbocycles. The third kappa shape index (κ3) is 2.68. The molecule has 1 N–H and O–H groups in total. The highest BCUT2D eigenvalue weighted by Gasteiger charge is 2.36. The molecule has 0 aliphatic carbocycles. The molecule has 7 nitrogen and oxygen atoms in total. The van der Waals surface area contributed by atoms with Crippen LogP contribution in [0.5, 0.6) is 0 Å². The Hall–Kier alpha value is -2.41. The SMILES string of the molecule is Cc1noc(CC2(O)CCCN(c3nccc4occc34)C2)n1. The first kappa shape index (κ1) is 14.2. The second kappa shape index (κ2) is 5.34. The molecule has 3 aromatic rings. The van der Waals surface area contributed by atoms with Gasteiger partial charge >= 0.3 is 0 Å². The van der Waals surface area contributed by atoms with E-state index in [0.29, 0.717) is 31.1 Å². The van der Waals surface area contributed by atoms with Gasteiger partial charge in [0.25, 0.3) is 0 Å². The van der Waals surface area contributed by atoms with Crippen LogP contribution in [0.3, 0.4) is 0 Å². The molecule has 0 aromatic carbocycles. The van der Waals surface area contributed by atoms with Crippen LogP contribution >= 0.6 is 0 Å². The Morgan fingerprint density at radius 2 is 2.30 bits per heavy atom. The summed E-state index contributed by atoms with van der Waals surface area (Å²) < 4.78 is 10.6. The van der Waals surface area contributed by atoms with E-state index in [4.69, 9.17) is 8.94 Å². The van der Waals surface area contributed by atoms with E-state index in [1.807, 2.05) is 12.1 Å². The number of rotatable bonds is 3. The molecule has 1 aliphatic heterocycles. The fourth-order valence-electron chi connectivity index (χ4n) is 3.26. The summed E-state index contributed by atoms with van der Waals surface area (Å²) >= 11 is 0. The maximum atomic E-state index is 11.0. The first-order chi connectivity index (χ1) is 11.1. The lowest BCUT2D eigenvalue weighted by Crippen LogP contribution is -2.50. The monoisotopic (exact) mass is 314 g/mol. The normalized spacial score (nSPS) is 21.9. The summed E-state index contributed by atoms with van der Waals surface area (Å²) in [7, 11) is 0. The van der Waals surface area contributed by atoms with Crippen LogP contribution in [0.1, 0.15) is 24.6 Å². The summed E-state index contributed by atoms with van der Waals surface area (Å²) in [6, 6.07) is 3.75. The number of anilines is 1. The highest BCUT2D eigenvalue weighted by atomic mass is 16.5. The van der Waals surface area contributed by atoms with Crippen molar-refractivity contribution in [3.63, 3.8) is 0 Å². The second-order valence-corrected chi connectivity index (χ2v) is 6.13. The van der Waals surface area contributed by atoms with Gasteiger partial charge in [-0.25, -0.2) is 4.98 Å². The van der Waals surface area contributed by atoms with Gasteiger partial charge in [0, 0.05) is 19.3 Å². The summed E-state index contributed by atoms with van der Waals surface area (Å²) in [5, 5.41) is 15.7. The molecule has 3 aromatic heterocycles. The summed E-state index contributed by atoms with van der Waals surface area (Å²) in [6.45, 7) is 3.10. The molecular weight excluding hydrogens is 296 g/mol. The summed E-state index contributed by atoms with van der Waals surface area (Å²) in [4.78, 5) is 10.8. The number of nitrogens with zero attached hydrogens (tertiary/aromatic N) is 4. The fraction of sp³-hybridized carbons (Fsp3) is 0.438. The Balaban J connectivity index is 1.60. The number of pyridine rings is 1. The van der Waals surface area contributed by atoms with Crippen LogP contribution in [0.4, 0.5) is 5.82 Å². The Labute approximate surface area is 132 Å². The van der Waals surface area contributed by atoms with E-state index in [1.165, 1.54) is 0 Å². The molecular formula is C16H18N4O3. The highest BCUT2D eigenvalue weighted by molar-refractivity contribution is 5.88. The molecule has 1 saturated heterocycles. The number of aliphatic hydroxyl groups is 1. The number of aryl methyl sites for hydroxylation is 1. The first-order valence-corrected chi connectivity index (χ1v) is 7.72. The number of hydrogen-bond donors (Lipinski definition) is 1. The van der Waals surface area contributed by atoms with Crippen molar-refractivity contribution < 1.29 is 14.0 Å². The van der Waals surface area contributed by atoms with E-state index in [-0.39, 0.29) is 0 Å². The molecule has 0 radical (unpaired) electrons. The Morgan fingerprint density at radius 1 is 1.39 bits per heavy atom. The van der Waals surface area contributed by atoms with Gasteiger partial charge < -0.3 is 18.9 Å². The molecule has 4 heterocycles. The third-order valence-electron chi connectivity index (χ3n) is 4.26. The number of aromatic nitrogens is 3. The lowest BCUT2D eigenvalue weighted by molar-refractivity contribution is 0.0192. The van der Waals surface area contributed by atoms with Crippen molar-refractivity contribution in [2.75, 3.05) is 18.0 Å². The summed E-state index contributed by atoms with van der Waals surface area (Å²) in [5.41, 5.74) is -0.0956. The zero-order chi connectivity index (χ0) is 15.9. The minimum atomic E-state index is -0.898. The zero-order valence-electron chi connectivity index (χ0n) is 12.9. The summed E-state index contributed by atoms with van der Waals surface area (Å²) in [5.74, 6) is 1.90. The van der Waals surface area contributed by atoms with Crippen LogP contribution in [-0.2, 0) is 6.42 Å². The van der Waals surface area contributed by atoms with Gasteiger partial charge in [-0.1, -0.05) is 5.16 Å². The van der Waals surface area contributed by atoms with E-state index in [0.717, 1.165) is 29.8 Å². The number of β-amino-alcohol motifs (C(OH)–C–C–N with tert-alkyl or cyclic N) is 1. The molecule has 0 amide bonds. The van der Waals surface area contributed by atoms with Crippen LogP contribution < -0.4 is 4.90 Å². The lowest BCUT2D eigenvalue weighted by Gasteiger charge is -2.39. The molecule has 4 rings (SSSR count). The fourth-order valence-corrected chi connectivity index (χ4v) is 3.26. The van der Waals surface area contributed by atoms with Crippen LogP contribution in [0.15, 0.2) is 33.5 Å². The van der Waals surface area contributed by atoms with E-state index in [2.05, 4.69) is 20.0 Å². The van der Waals surface area contributed by atoms with Crippen molar-refractivity contribution in [1.82, 2.24) is 15.1 Å². The quantitative estimate of drug-likeness (QED) is 0.792. The van der Waals surface area contributed by atoms with Crippen molar-refractivity contribution in [3.8, 4) is 0 Å². The third-order valence-corrected chi connectivity index (χ3v) is 4.26. The van der Waals surface area contributed by atoms with Gasteiger partial charge in [-0.3, -0.25) is 0 Å². The van der Waals surface area contributed by atoms with Crippen molar-refractivity contribution in [2.45, 2.75) is 31.8 Å². The Bertz CT molecular complexity index is 827. The van der Waals surface area contributed by atoms with Gasteiger partial charge in [-0.2, -0.15) is 4.98 Å². The van der Waals surface area contributed by atoms with Gasteiger partial charge in [0.2, 0.25) is 5.89 Å². The molecule has 1 atom stereocenters. The van der Waals surface area contributed by atoms with Gasteiger partial charge in [-0.15, -0.1) is 0 Å². The Morgan fingerprint density at radius 3 is 3.13 bits per heavy atom. The second-order valence-electron chi connectivity index (χ2n) is 6.13. The van der Waals surface area contributed by atoms with E-state index < -0.39 is 5.60 Å². The number of furan rings is 1. The molecule has 0 spiro atoms. The predicted octanol–water partition coefficient (Wildman–Crippen LogP) is 2.09. The minimum absolute atomic E-state index is 0.353. The van der Waals surface area contributed by atoms with E-state index >= 15 is 0 Å². The van der Waals surface area contributed by atoms with E-state index in [1.54, 1.807) is 19.4 Å². The van der Waals surface area contributed by atoms with Crippen molar-refractivity contribution in [2.24, 2.45) is 0 Å².